The molecule has 0 bridgehead atoms. The van der Waals surface area contributed by atoms with Gasteiger partial charge in [0, 0.05) is 26.2 Å². The number of halogens is 4. The molecule has 10 nitrogen and oxygen atoms in total. The van der Waals surface area contributed by atoms with Gasteiger partial charge in [0.05, 0.1) is 47.1 Å². The summed E-state index contributed by atoms with van der Waals surface area (Å²) < 4.78 is 5.94. The van der Waals surface area contributed by atoms with Crippen molar-refractivity contribution in [3.8, 4) is 0 Å². The molecule has 4 N–H and O–H groups in total. The summed E-state index contributed by atoms with van der Waals surface area (Å²) in [6.45, 7) is 2.86. The van der Waals surface area contributed by atoms with Gasteiger partial charge < -0.3 is 50.7 Å². The molecule has 0 spiro atoms. The van der Waals surface area contributed by atoms with Gasteiger partial charge in [0.25, 0.3) is 0 Å². The Morgan fingerprint density at radius 1 is 0.422 bits per heavy atom. The van der Waals surface area contributed by atoms with E-state index < -0.39 is 0 Å². The highest BCUT2D eigenvalue weighted by Crippen LogP contribution is 2.37. The van der Waals surface area contributed by atoms with Gasteiger partial charge in [-0.3, -0.25) is 0 Å². The second kappa shape index (κ2) is 25.9. The maximum Gasteiger partial charge on any atom is 0.409 e. The summed E-state index contributed by atoms with van der Waals surface area (Å²) in [5.41, 5.74) is 10.3. The van der Waals surface area contributed by atoms with Crippen LogP contribution in [0.5, 0.6) is 0 Å². The molecule has 0 atom stereocenters. The Morgan fingerprint density at radius 2 is 0.734 bits per heavy atom. The largest absolute Gasteiger partial charge is 1.00 e. The van der Waals surface area contributed by atoms with Gasteiger partial charge in [-0.1, -0.05) is 133 Å². The van der Waals surface area contributed by atoms with Crippen molar-refractivity contribution in [2.24, 2.45) is 34.6 Å². The Hall–Kier alpha value is -5.29. The van der Waals surface area contributed by atoms with E-state index in [4.69, 9.17) is 0 Å². The van der Waals surface area contributed by atoms with E-state index in [0.717, 1.165) is 65.0 Å². The number of hydrogen-bond donors (Lipinski definition) is 4. The molecule has 64 heavy (non-hydrogen) atoms. The lowest BCUT2D eigenvalue weighted by molar-refractivity contribution is -0.654. The summed E-state index contributed by atoms with van der Waals surface area (Å²) in [7, 11) is 3.92. The number of nitrogens with one attached hydrogen (secondary N) is 4. The number of para-hydroxylation sites is 2. The van der Waals surface area contributed by atoms with Gasteiger partial charge >= 0.3 is 10.3 Å². The molecule has 0 saturated heterocycles. The van der Waals surface area contributed by atoms with Crippen LogP contribution in [-0.2, 0) is 40.3 Å². The highest BCUT2D eigenvalue weighted by molar-refractivity contribution is 9.11. The van der Waals surface area contributed by atoms with Crippen LogP contribution in [-0.4, -0.2) is 0 Å². The van der Waals surface area contributed by atoms with Crippen molar-refractivity contribution in [2.45, 2.75) is 26.2 Å². The Kier molecular flexibility index (Phi) is 20.1. The third-order valence-electron chi connectivity index (χ3n) is 9.42. The Bertz CT molecular complexity index is 2520. The predicted octanol–water partition coefficient (Wildman–Crippen LogP) is 7.96. The summed E-state index contributed by atoms with van der Waals surface area (Å²) in [4.78, 5) is 0. The quantitative estimate of drug-likeness (QED) is 0.0583. The molecule has 16 heteroatoms. The molecular weight excluding hydrogens is 1060 g/mol. The topological polar surface area (TPSA) is 105 Å². The lowest BCUT2D eigenvalue weighted by atomic mass is 10.1. The predicted molar refractivity (Wildman–Crippen MR) is 263 cm³/mol. The molecule has 6 aromatic carbocycles. The molecule has 0 fully saturated rings. The fraction of sp³-hybridized carbons (Fsp3) is 0.125. The standard InChI is InChI=1S/2C24H22BrN5S.BrH.ClH/c2*1-30-17-22(25)31-24(30)29-28-21-14-8-13-20(26-15-18-9-4-2-5-10-18)23(21)27-16-19-11-6-3-7-12-19;;/h2*2-14,17H,15-16H2,1H3,(H,26,28);2*1H. The summed E-state index contributed by atoms with van der Waals surface area (Å²) in [6.07, 6.45) is 3.96. The zero-order valence-electron chi connectivity index (χ0n) is 35.0. The van der Waals surface area contributed by atoms with Crippen LogP contribution in [0.1, 0.15) is 22.3 Å². The van der Waals surface area contributed by atoms with E-state index in [-0.39, 0.29) is 29.4 Å². The second-order valence-electron chi connectivity index (χ2n) is 14.0. The van der Waals surface area contributed by atoms with Crippen LogP contribution in [0.2, 0.25) is 0 Å². The number of rotatable bonds is 16. The van der Waals surface area contributed by atoms with Crippen molar-refractivity contribution in [1.82, 2.24) is 0 Å². The van der Waals surface area contributed by atoms with Crippen LogP contribution in [0.4, 0.5) is 44.4 Å². The van der Waals surface area contributed by atoms with Crippen molar-refractivity contribution in [3.05, 3.63) is 200 Å². The van der Waals surface area contributed by atoms with Gasteiger partial charge in [-0.15, -0.1) is 0 Å². The molecule has 0 amide bonds. The zero-order valence-corrected chi connectivity index (χ0v) is 42.2. The minimum absolute atomic E-state index is 0. The summed E-state index contributed by atoms with van der Waals surface area (Å²) in [5.74, 6) is 0. The molecule has 0 aliphatic rings. The Labute approximate surface area is 416 Å². The highest BCUT2D eigenvalue weighted by Gasteiger charge is 2.16. The lowest BCUT2D eigenvalue weighted by Crippen LogP contribution is -3.00. The van der Waals surface area contributed by atoms with Crippen LogP contribution in [0, 0.1) is 0 Å². The third kappa shape index (κ3) is 14.9. The van der Waals surface area contributed by atoms with E-state index in [1.165, 1.54) is 22.3 Å². The first-order valence-corrected chi connectivity index (χ1v) is 23.1. The molecule has 2 aromatic heterocycles. The summed E-state index contributed by atoms with van der Waals surface area (Å²) >= 11 is 10.1. The molecular formula is C48H46Br3ClN10S2. The summed E-state index contributed by atoms with van der Waals surface area (Å²) in [6, 6.07) is 53.5. The smallest absolute Gasteiger partial charge is 0.409 e. The SMILES string of the molecule is C[n+]1cc(Br)sc1N=Nc1cccc(NCc2ccccc2)c1NCc1ccccc1.C[n+]1cc(Br)sc1N=Nc1cccc(NCc2ccccc2)c1NCc1ccccc1.[Br-].[Cl-]. The van der Waals surface area contributed by atoms with E-state index in [1.807, 2.05) is 108 Å². The van der Waals surface area contributed by atoms with E-state index in [2.05, 4.69) is 159 Å². The second-order valence-corrected chi connectivity index (χ2v) is 18.8. The molecule has 0 radical (unpaired) electrons. The number of nitrogens with zero attached hydrogens (tertiary/aromatic N) is 6. The van der Waals surface area contributed by atoms with Gasteiger partial charge in [-0.2, -0.15) is 0 Å². The maximum atomic E-state index is 4.57. The van der Waals surface area contributed by atoms with E-state index >= 15 is 0 Å². The Balaban J connectivity index is 0.000000234. The van der Waals surface area contributed by atoms with E-state index in [0.29, 0.717) is 13.1 Å². The first-order chi connectivity index (χ1) is 30.4. The van der Waals surface area contributed by atoms with Crippen LogP contribution in [0.15, 0.2) is 198 Å². The van der Waals surface area contributed by atoms with Gasteiger partial charge in [0.2, 0.25) is 0 Å². The van der Waals surface area contributed by atoms with Crippen LogP contribution >= 0.6 is 54.5 Å². The third-order valence-corrected chi connectivity index (χ3v) is 12.5. The lowest BCUT2D eigenvalue weighted by Gasteiger charge is -2.15. The van der Waals surface area contributed by atoms with Gasteiger partial charge in [-0.05, 0) is 111 Å². The first kappa shape index (κ1) is 49.7. The van der Waals surface area contributed by atoms with E-state index in [9.17, 15) is 0 Å². The molecule has 0 unspecified atom stereocenters. The fourth-order valence-corrected chi connectivity index (χ4v) is 9.04. The molecule has 328 valence electrons. The molecule has 2 heterocycles. The molecule has 8 aromatic rings. The number of anilines is 4. The first-order valence-electron chi connectivity index (χ1n) is 19.9. The van der Waals surface area contributed by atoms with Gasteiger partial charge in [-0.25, -0.2) is 9.13 Å². The van der Waals surface area contributed by atoms with Gasteiger partial charge in [0.15, 0.2) is 0 Å². The molecule has 0 aliphatic carbocycles. The van der Waals surface area contributed by atoms with Crippen molar-refractivity contribution < 1.29 is 38.5 Å². The molecule has 0 saturated carbocycles. The van der Waals surface area contributed by atoms with Crippen molar-refractivity contribution >= 4 is 98.9 Å². The van der Waals surface area contributed by atoms with Crippen molar-refractivity contribution in [3.63, 3.8) is 0 Å². The summed E-state index contributed by atoms with van der Waals surface area (Å²) in [5, 5.41) is 34.0. The zero-order chi connectivity index (χ0) is 42.9. The number of aromatic nitrogens is 2. The number of thiazole rings is 2. The van der Waals surface area contributed by atoms with Crippen LogP contribution in [0.3, 0.4) is 0 Å². The minimum atomic E-state index is 0. The minimum Gasteiger partial charge on any atom is -1.00 e. The fourth-order valence-electron chi connectivity index (χ4n) is 6.23. The average Bonchev–Trinajstić information content (AvgIpc) is 3.82. The van der Waals surface area contributed by atoms with E-state index in [1.54, 1.807) is 22.7 Å². The van der Waals surface area contributed by atoms with Crippen molar-refractivity contribution in [2.75, 3.05) is 21.3 Å². The number of benzene rings is 6. The highest BCUT2D eigenvalue weighted by atomic mass is 79.9. The molecule has 8 rings (SSSR count). The number of hydrogen-bond acceptors (Lipinski definition) is 10. The molecule has 0 aliphatic heterocycles. The Morgan fingerprint density at radius 3 is 1.03 bits per heavy atom. The maximum absolute atomic E-state index is 4.57. The number of azo groups is 2. The van der Waals surface area contributed by atoms with Crippen molar-refractivity contribution in [1.29, 1.82) is 0 Å². The average molecular weight is 1100 g/mol. The normalized spacial score (nSPS) is 10.7. The number of aryl methyl sites for hydroxylation is 2. The monoisotopic (exact) mass is 1100 g/mol. The van der Waals surface area contributed by atoms with Crippen LogP contribution < -0.4 is 59.8 Å². The van der Waals surface area contributed by atoms with Crippen LogP contribution in [0.25, 0.3) is 0 Å². The van der Waals surface area contributed by atoms with Gasteiger partial charge in [0.1, 0.15) is 31.3 Å².